The average Bonchev–Trinajstić information content (AvgIpc) is 3.67. The highest BCUT2D eigenvalue weighted by molar-refractivity contribution is 6.16. The van der Waals surface area contributed by atoms with E-state index in [0.717, 1.165) is 23.5 Å². The number of hydrogen-bond donors (Lipinski definition) is 1. The number of para-hydroxylation sites is 3. The molecule has 2 heteroatoms. The number of nitrogens with zero attached hydrogens (tertiary/aromatic N) is 1. The predicted molar refractivity (Wildman–Crippen MR) is 282 cm³/mol. The highest BCUT2D eigenvalue weighted by Crippen LogP contribution is 2.40. The number of fused-ring (bicyclic) bond motifs is 3. The maximum absolute atomic E-state index is 5.18. The number of hydrogen-bond acceptors (Lipinski definition) is 2. The zero-order valence-corrected chi connectivity index (χ0v) is 38.3. The van der Waals surface area contributed by atoms with E-state index in [1.807, 2.05) is 124 Å². The minimum Gasteiger partial charge on any atom is -0.388 e. The van der Waals surface area contributed by atoms with Crippen LogP contribution in [0.2, 0.25) is 0 Å². The van der Waals surface area contributed by atoms with Crippen molar-refractivity contribution in [2.24, 2.45) is 0 Å². The van der Waals surface area contributed by atoms with Gasteiger partial charge in [-0.05, 0) is 130 Å². The Labute approximate surface area is 379 Å². The van der Waals surface area contributed by atoms with Gasteiger partial charge in [0, 0.05) is 30.3 Å². The molecule has 8 rings (SSSR count). The molecule has 0 heterocycles. The Bertz CT molecular complexity index is 2580. The van der Waals surface area contributed by atoms with Gasteiger partial charge in [0.1, 0.15) is 0 Å². The SMILES string of the molecule is C#C/C=C\C=C\N(c1ccccc1)c1ccccc1.C1=CC=CCC=C1.C=Cc1c(C(C)C)c(C)cc2c1cc(-c1ccc(C)cc1)c1ccccc12.CC.CNc1ccccc1. The minimum absolute atomic E-state index is 0.469. The molecule has 0 bridgehead atoms. The Kier molecular flexibility index (Phi) is 20.5. The molecule has 0 aromatic heterocycles. The zero-order valence-electron chi connectivity index (χ0n) is 38.3. The van der Waals surface area contributed by atoms with E-state index in [9.17, 15) is 0 Å². The van der Waals surface area contributed by atoms with E-state index in [0.29, 0.717) is 5.92 Å². The van der Waals surface area contributed by atoms with Crippen LogP contribution in [0.1, 0.15) is 62.3 Å². The van der Waals surface area contributed by atoms with Gasteiger partial charge in [-0.2, -0.15) is 0 Å². The summed E-state index contributed by atoms with van der Waals surface area (Å²) < 4.78 is 0. The topological polar surface area (TPSA) is 15.3 Å². The smallest absolute Gasteiger partial charge is 0.0455 e. The molecule has 318 valence electrons. The van der Waals surface area contributed by atoms with Crippen molar-refractivity contribution in [3.8, 4) is 23.5 Å². The maximum atomic E-state index is 5.18. The molecule has 7 aromatic rings. The van der Waals surface area contributed by atoms with Gasteiger partial charge in [0.05, 0.1) is 0 Å². The number of nitrogens with one attached hydrogen (secondary N) is 1. The fourth-order valence-corrected chi connectivity index (χ4v) is 7.26. The van der Waals surface area contributed by atoms with Crippen molar-refractivity contribution in [1.82, 2.24) is 0 Å². The third-order valence-corrected chi connectivity index (χ3v) is 10.1. The summed E-state index contributed by atoms with van der Waals surface area (Å²) in [5, 5.41) is 8.26. The summed E-state index contributed by atoms with van der Waals surface area (Å²) in [7, 11) is 1.91. The van der Waals surface area contributed by atoms with Gasteiger partial charge in [0.2, 0.25) is 0 Å². The molecule has 1 N–H and O–H groups in total. The Balaban J connectivity index is 0.000000208. The standard InChI is InChI=1S/C27H26.C18H15N.C7H9N.C7H8.C2H6/c1-6-21-26-16-24(20-13-11-18(4)12-14-20)22-9-7-8-10-23(22)25(26)15-19(5)27(21)17(2)3;1-2-3-4-11-16-19(17-12-7-5-8-13-17)18-14-9-6-10-15-18;1-8-7-5-3-2-4-6-7;1-2-4-6-7-5-3-1;1-2/h6-17H,1H2,2-5H3;1,3-16H;2-6,8H,1H3;1-6H,7H2;1-2H3/b;4-3-,16-11+;;;. The average molecular weight is 825 g/mol. The summed E-state index contributed by atoms with van der Waals surface area (Å²) >= 11 is 0. The Morgan fingerprint density at radius 1 is 0.635 bits per heavy atom. The van der Waals surface area contributed by atoms with Gasteiger partial charge in [-0.25, -0.2) is 0 Å². The molecular weight excluding hydrogens is 761 g/mol. The monoisotopic (exact) mass is 825 g/mol. The zero-order chi connectivity index (χ0) is 45.2. The third kappa shape index (κ3) is 14.4. The maximum Gasteiger partial charge on any atom is 0.0455 e. The molecule has 63 heavy (non-hydrogen) atoms. The van der Waals surface area contributed by atoms with Crippen LogP contribution in [-0.2, 0) is 0 Å². The van der Waals surface area contributed by atoms with E-state index in [1.165, 1.54) is 54.9 Å². The molecule has 0 fully saturated rings. The van der Waals surface area contributed by atoms with E-state index in [-0.39, 0.29) is 0 Å². The second kappa shape index (κ2) is 26.8. The van der Waals surface area contributed by atoms with Gasteiger partial charge >= 0.3 is 0 Å². The summed E-state index contributed by atoms with van der Waals surface area (Å²) in [6.45, 7) is 17.1. The molecular formula is C61H64N2. The molecule has 2 nitrogen and oxygen atoms in total. The van der Waals surface area contributed by atoms with Crippen LogP contribution in [0.5, 0.6) is 0 Å². The van der Waals surface area contributed by atoms with Crippen molar-refractivity contribution in [2.45, 2.75) is 53.9 Å². The van der Waals surface area contributed by atoms with Crippen LogP contribution in [-0.4, -0.2) is 7.05 Å². The Morgan fingerprint density at radius 2 is 1.17 bits per heavy atom. The molecule has 7 aromatic carbocycles. The lowest BCUT2D eigenvalue weighted by molar-refractivity contribution is 0.856. The molecule has 0 amide bonds. The first kappa shape index (κ1) is 48.3. The largest absolute Gasteiger partial charge is 0.388 e. The normalized spacial score (nSPS) is 11.2. The summed E-state index contributed by atoms with van der Waals surface area (Å²) in [6, 6.07) is 52.8. The van der Waals surface area contributed by atoms with Gasteiger partial charge < -0.3 is 10.2 Å². The van der Waals surface area contributed by atoms with E-state index in [4.69, 9.17) is 6.42 Å². The van der Waals surface area contributed by atoms with E-state index >= 15 is 0 Å². The van der Waals surface area contributed by atoms with Crippen LogP contribution < -0.4 is 10.2 Å². The Morgan fingerprint density at radius 3 is 1.68 bits per heavy atom. The van der Waals surface area contributed by atoms with Gasteiger partial charge in [0.25, 0.3) is 0 Å². The highest BCUT2D eigenvalue weighted by atomic mass is 15.1. The lowest BCUT2D eigenvalue weighted by Crippen LogP contribution is -2.07. The van der Waals surface area contributed by atoms with Crippen molar-refractivity contribution in [3.63, 3.8) is 0 Å². The van der Waals surface area contributed by atoms with Crippen LogP contribution in [0, 0.1) is 26.2 Å². The first-order valence-electron chi connectivity index (χ1n) is 21.9. The van der Waals surface area contributed by atoms with E-state index in [2.05, 4.69) is 160 Å². The third-order valence-electron chi connectivity index (χ3n) is 10.1. The second-order valence-corrected chi connectivity index (χ2v) is 14.8. The number of allylic oxidation sites excluding steroid dienone is 9. The van der Waals surface area contributed by atoms with E-state index < -0.39 is 0 Å². The molecule has 0 radical (unpaired) electrons. The highest BCUT2D eigenvalue weighted by Gasteiger charge is 2.16. The van der Waals surface area contributed by atoms with Gasteiger partial charge in [0.15, 0.2) is 0 Å². The van der Waals surface area contributed by atoms with Crippen molar-refractivity contribution < 1.29 is 0 Å². The quantitative estimate of drug-likeness (QED) is 0.0933. The Hall–Kier alpha value is -7.34. The number of benzene rings is 7. The van der Waals surface area contributed by atoms with Crippen molar-refractivity contribution >= 4 is 44.7 Å². The fraction of sp³-hybridized carbons (Fsp3) is 0.148. The summed E-state index contributed by atoms with van der Waals surface area (Å²) in [4.78, 5) is 2.11. The molecule has 0 saturated carbocycles. The van der Waals surface area contributed by atoms with Crippen LogP contribution >= 0.6 is 0 Å². The lowest BCUT2D eigenvalue weighted by atomic mass is 9.84. The van der Waals surface area contributed by atoms with Gasteiger partial charge in [-0.1, -0.05) is 204 Å². The van der Waals surface area contributed by atoms with Crippen LogP contribution in [0.4, 0.5) is 17.1 Å². The lowest BCUT2D eigenvalue weighted by Gasteiger charge is -2.20. The number of rotatable bonds is 8. The first-order valence-corrected chi connectivity index (χ1v) is 21.9. The molecule has 0 atom stereocenters. The molecule has 1 aliphatic rings. The van der Waals surface area contributed by atoms with Crippen LogP contribution in [0.25, 0.3) is 38.7 Å². The van der Waals surface area contributed by atoms with Crippen molar-refractivity contribution in [3.05, 3.63) is 241 Å². The van der Waals surface area contributed by atoms with Gasteiger partial charge in [-0.15, -0.1) is 6.42 Å². The van der Waals surface area contributed by atoms with Crippen LogP contribution in [0.3, 0.4) is 0 Å². The summed E-state index contributed by atoms with van der Waals surface area (Å²) in [5.74, 6) is 2.94. The summed E-state index contributed by atoms with van der Waals surface area (Å²) in [5.41, 5.74) is 11.3. The molecule has 0 aliphatic heterocycles. The predicted octanol–water partition coefficient (Wildman–Crippen LogP) is 17.4. The van der Waals surface area contributed by atoms with Crippen molar-refractivity contribution in [2.75, 3.05) is 17.3 Å². The molecule has 1 aliphatic carbocycles. The first-order chi connectivity index (χ1) is 30.9. The van der Waals surface area contributed by atoms with Crippen LogP contribution in [0.15, 0.2) is 219 Å². The number of aryl methyl sites for hydroxylation is 2. The van der Waals surface area contributed by atoms with Gasteiger partial charge in [-0.3, -0.25) is 0 Å². The molecule has 0 spiro atoms. The second-order valence-electron chi connectivity index (χ2n) is 14.8. The fourth-order valence-electron chi connectivity index (χ4n) is 7.26. The van der Waals surface area contributed by atoms with Crippen molar-refractivity contribution in [1.29, 1.82) is 0 Å². The molecule has 0 unspecified atom stereocenters. The number of anilines is 3. The minimum atomic E-state index is 0.469. The molecule has 0 saturated heterocycles. The number of terminal acetylenes is 1. The van der Waals surface area contributed by atoms with E-state index in [1.54, 1.807) is 6.08 Å². The summed E-state index contributed by atoms with van der Waals surface area (Å²) in [6.07, 6.45) is 28.2.